The first-order valence-electron chi connectivity index (χ1n) is 33.0. The van der Waals surface area contributed by atoms with Gasteiger partial charge in [-0.2, -0.15) is 10.5 Å². The molecule has 0 aliphatic heterocycles. The molecule has 0 unspecified atom stereocenters. The summed E-state index contributed by atoms with van der Waals surface area (Å²) < 4.78 is 14.3. The molecule has 96 heavy (non-hydrogen) atoms. The molecule has 446 valence electrons. The minimum absolute atomic E-state index is 0.454. The molecule has 0 atom stereocenters. The zero-order valence-corrected chi connectivity index (χ0v) is 53.4. The fourth-order valence-corrected chi connectivity index (χ4v) is 19.6. The predicted molar refractivity (Wildman–Crippen MR) is 404 cm³/mol. The standard InChI is InChI=1S/C88H52N6S2/c89-49-70-82(92-74-37-13-7-28-60(74)61-29-8-14-38-75(61)92)84(94-77-48-53(56-32-17-22-51-20-1-3-24-54(51)56)42-43-62(77)66-44-45-67-63-30-9-15-40-78(63)95-87(67)85(66)94)71(50-90)81(91-72-35-11-5-26-58(72)59-27-6-12-36-73(59)91)83(70)93-76-39-19-34-65(57-33-18-23-52-21-2-4-25-55(52)57)80(76)69-47-46-68-64-31-10-16-41-79(64)96-88(68)86(69)93/h1-5,7-18,20-26,28-38,40-48H,6,19,27,39H2. The molecule has 2 aliphatic carbocycles. The molecule has 0 saturated heterocycles. The van der Waals surface area contributed by atoms with Crippen LogP contribution in [-0.2, 0) is 12.8 Å². The molecule has 6 aromatic heterocycles. The summed E-state index contributed by atoms with van der Waals surface area (Å²) in [6, 6.07) is 96.7. The second kappa shape index (κ2) is 20.2. The average molecular weight is 1260 g/mol. The maximum absolute atomic E-state index is 13.5. The van der Waals surface area contributed by atoms with Crippen LogP contribution in [-0.4, -0.2) is 18.3 Å². The van der Waals surface area contributed by atoms with E-state index in [0.717, 1.165) is 144 Å². The average Bonchev–Trinajstić information content (AvgIpc) is 1.49. The van der Waals surface area contributed by atoms with E-state index in [1.165, 1.54) is 47.6 Å². The van der Waals surface area contributed by atoms with Crippen molar-refractivity contribution in [2.45, 2.75) is 25.7 Å². The van der Waals surface area contributed by atoms with Crippen LogP contribution in [0.2, 0.25) is 0 Å². The van der Waals surface area contributed by atoms with Crippen molar-refractivity contribution in [2.75, 3.05) is 0 Å². The van der Waals surface area contributed by atoms with Crippen molar-refractivity contribution < 1.29 is 0 Å². The summed E-state index contributed by atoms with van der Waals surface area (Å²) in [5.74, 6) is 0. The number of rotatable bonds is 6. The predicted octanol–water partition coefficient (Wildman–Crippen LogP) is 23.6. The largest absolute Gasteiger partial charge is 0.308 e. The lowest BCUT2D eigenvalue weighted by molar-refractivity contribution is 0.872. The number of benzene rings is 13. The van der Waals surface area contributed by atoms with Crippen molar-refractivity contribution in [3.05, 3.63) is 300 Å². The molecule has 0 spiro atoms. The fourth-order valence-electron chi connectivity index (χ4n) is 17.1. The van der Waals surface area contributed by atoms with Crippen molar-refractivity contribution in [3.63, 3.8) is 0 Å². The van der Waals surface area contributed by atoms with E-state index in [1.807, 2.05) is 11.3 Å². The van der Waals surface area contributed by atoms with Gasteiger partial charge < -0.3 is 18.3 Å². The van der Waals surface area contributed by atoms with E-state index in [1.54, 1.807) is 11.3 Å². The van der Waals surface area contributed by atoms with Gasteiger partial charge in [0, 0.05) is 80.2 Å². The van der Waals surface area contributed by atoms with E-state index in [0.29, 0.717) is 40.3 Å². The third-order valence-electron chi connectivity index (χ3n) is 21.0. The third-order valence-corrected chi connectivity index (χ3v) is 23.4. The van der Waals surface area contributed by atoms with Gasteiger partial charge in [0.15, 0.2) is 0 Å². The van der Waals surface area contributed by atoms with Gasteiger partial charge in [-0.25, -0.2) is 0 Å². The first-order chi connectivity index (χ1) is 47.6. The number of allylic oxidation sites excluding steroid dienone is 2. The molecule has 6 heterocycles. The molecular formula is C88H52N6S2. The van der Waals surface area contributed by atoms with Crippen molar-refractivity contribution >= 4 is 162 Å². The lowest BCUT2D eigenvalue weighted by Gasteiger charge is -2.28. The first-order valence-corrected chi connectivity index (χ1v) is 34.6. The van der Waals surface area contributed by atoms with Crippen molar-refractivity contribution in [1.29, 1.82) is 10.5 Å². The van der Waals surface area contributed by atoms with Crippen molar-refractivity contribution in [3.8, 4) is 46.0 Å². The third kappa shape index (κ3) is 7.21. The Morgan fingerprint density at radius 1 is 0.354 bits per heavy atom. The molecule has 13 aromatic carbocycles. The Bertz CT molecular complexity index is 6810. The Kier molecular flexibility index (Phi) is 11.3. The first kappa shape index (κ1) is 53.5. The molecule has 0 bridgehead atoms. The number of para-hydroxylation sites is 3. The van der Waals surface area contributed by atoms with Gasteiger partial charge in [-0.3, -0.25) is 0 Å². The van der Waals surface area contributed by atoms with Crippen LogP contribution in [0.15, 0.2) is 261 Å². The maximum atomic E-state index is 13.5. The van der Waals surface area contributed by atoms with Crippen LogP contribution >= 0.6 is 22.7 Å². The summed E-state index contributed by atoms with van der Waals surface area (Å²) in [6.07, 6.45) is 10.2. The van der Waals surface area contributed by atoms with Crippen LogP contribution in [0.3, 0.4) is 0 Å². The molecule has 0 radical (unpaired) electrons. The molecular weight excluding hydrogens is 1210 g/mol. The minimum Gasteiger partial charge on any atom is -0.308 e. The van der Waals surface area contributed by atoms with Gasteiger partial charge in [0.05, 0.1) is 65.2 Å². The van der Waals surface area contributed by atoms with Gasteiger partial charge in [-0.05, 0) is 118 Å². The zero-order chi connectivity index (χ0) is 63.0. The maximum Gasteiger partial charge on any atom is 0.104 e. The van der Waals surface area contributed by atoms with E-state index < -0.39 is 0 Å². The lowest BCUT2D eigenvalue weighted by atomic mass is 9.87. The highest BCUT2D eigenvalue weighted by Gasteiger charge is 2.38. The molecule has 0 fully saturated rings. The number of nitriles is 2. The number of fused-ring (bicyclic) bond motifs is 22. The van der Waals surface area contributed by atoms with Crippen LogP contribution in [0, 0.1) is 22.7 Å². The summed E-state index contributed by atoms with van der Waals surface area (Å²) in [7, 11) is 0. The van der Waals surface area contributed by atoms with Crippen LogP contribution < -0.4 is 0 Å². The van der Waals surface area contributed by atoms with Gasteiger partial charge in [0.25, 0.3) is 0 Å². The molecule has 2 aliphatic rings. The molecule has 0 saturated carbocycles. The van der Waals surface area contributed by atoms with E-state index in [2.05, 4.69) is 297 Å². The lowest BCUT2D eigenvalue weighted by Crippen LogP contribution is -2.19. The summed E-state index contributed by atoms with van der Waals surface area (Å²) in [5.41, 5.74) is 18.3. The highest BCUT2D eigenvalue weighted by molar-refractivity contribution is 7.27. The highest BCUT2D eigenvalue weighted by atomic mass is 32.1. The molecule has 19 aromatic rings. The highest BCUT2D eigenvalue weighted by Crippen LogP contribution is 2.54. The van der Waals surface area contributed by atoms with Gasteiger partial charge in [-0.1, -0.05) is 224 Å². The fraction of sp³-hybridized carbons (Fsp3) is 0.0455. The van der Waals surface area contributed by atoms with E-state index >= 15 is 0 Å². The Labute approximate surface area is 558 Å². The minimum atomic E-state index is 0.454. The number of aryl methyl sites for hydroxylation is 1. The SMILES string of the molecule is N#Cc1c(-n2c3c(c4ccc5c6ccccc6sc5c42)C(c2cccc4ccccc24)=CCC3)c(-n2c3c(c4ccccc42)CCC=C3)c(C#N)c(-n2c3cc(-c4cccc5ccccc45)ccc3c3ccc4c5ccccc5sc4c32)c1-n1c2ccccc2c2ccccc21. The smallest absolute Gasteiger partial charge is 0.104 e. The second-order valence-electron chi connectivity index (χ2n) is 25.7. The monoisotopic (exact) mass is 1260 g/mol. The number of thiophene rings is 2. The van der Waals surface area contributed by atoms with Crippen LogP contribution in [0.1, 0.15) is 52.0 Å². The molecule has 0 N–H and O–H groups in total. The normalized spacial score (nSPS) is 13.2. The van der Waals surface area contributed by atoms with Crippen LogP contribution in [0.5, 0.6) is 0 Å². The Morgan fingerprint density at radius 3 is 1.49 bits per heavy atom. The van der Waals surface area contributed by atoms with Crippen molar-refractivity contribution in [2.24, 2.45) is 0 Å². The molecule has 8 heteroatoms. The zero-order valence-electron chi connectivity index (χ0n) is 51.7. The van der Waals surface area contributed by atoms with Crippen LogP contribution in [0.25, 0.3) is 173 Å². The van der Waals surface area contributed by atoms with E-state index in [4.69, 9.17) is 0 Å². The van der Waals surface area contributed by atoms with Gasteiger partial charge in [0.1, 0.15) is 23.3 Å². The Hall–Kier alpha value is -12.0. The Balaban J connectivity index is 1.04. The number of hydrogen-bond donors (Lipinski definition) is 0. The van der Waals surface area contributed by atoms with Crippen LogP contribution in [0.4, 0.5) is 0 Å². The number of nitrogens with zero attached hydrogens (tertiary/aromatic N) is 6. The van der Waals surface area contributed by atoms with Gasteiger partial charge in [0.2, 0.25) is 0 Å². The summed E-state index contributed by atoms with van der Waals surface area (Å²) in [6.45, 7) is 0. The quantitative estimate of drug-likeness (QED) is 0.166. The number of aromatic nitrogens is 4. The molecule has 6 nitrogen and oxygen atoms in total. The number of hydrogen-bond acceptors (Lipinski definition) is 4. The van der Waals surface area contributed by atoms with E-state index in [-0.39, 0.29) is 0 Å². The summed E-state index contributed by atoms with van der Waals surface area (Å²) >= 11 is 3.61. The van der Waals surface area contributed by atoms with Gasteiger partial charge >= 0.3 is 0 Å². The summed E-state index contributed by atoms with van der Waals surface area (Å²) in [4.78, 5) is 0. The Morgan fingerprint density at radius 2 is 0.833 bits per heavy atom. The molecule has 0 amide bonds. The van der Waals surface area contributed by atoms with Gasteiger partial charge in [-0.15, -0.1) is 22.7 Å². The summed E-state index contributed by atoms with van der Waals surface area (Å²) in [5, 5.41) is 42.9. The van der Waals surface area contributed by atoms with Crippen molar-refractivity contribution in [1.82, 2.24) is 18.3 Å². The van der Waals surface area contributed by atoms with E-state index in [9.17, 15) is 10.5 Å². The second-order valence-corrected chi connectivity index (χ2v) is 27.8. The topological polar surface area (TPSA) is 67.3 Å². The molecule has 21 rings (SSSR count).